The average Bonchev–Trinajstić information content (AvgIpc) is 3.23. The van der Waals surface area contributed by atoms with Gasteiger partial charge in [0.05, 0.1) is 6.04 Å². The van der Waals surface area contributed by atoms with Crippen LogP contribution in [-0.2, 0) is 25.6 Å². The van der Waals surface area contributed by atoms with Gasteiger partial charge in [-0.25, -0.2) is 4.79 Å². The van der Waals surface area contributed by atoms with Gasteiger partial charge in [-0.2, -0.15) is 11.8 Å². The third-order valence-electron chi connectivity index (χ3n) is 5.77. The number of carbonyl (C=O) groups excluding carboxylic acids is 3. The van der Waals surface area contributed by atoms with Crippen LogP contribution in [0.2, 0.25) is 0 Å². The second kappa shape index (κ2) is 13.9. The number of H-pyrrole nitrogens is 1. The molecule has 3 amide bonds. The maximum atomic E-state index is 13.0. The molecule has 0 spiro atoms. The summed E-state index contributed by atoms with van der Waals surface area (Å²) in [5.41, 5.74) is 8.02. The van der Waals surface area contributed by atoms with E-state index in [1.54, 1.807) is 0 Å². The summed E-state index contributed by atoms with van der Waals surface area (Å²) in [5.74, 6) is -2.10. The number of amides is 3. The van der Waals surface area contributed by atoms with Crippen LogP contribution >= 0.6 is 11.8 Å². The summed E-state index contributed by atoms with van der Waals surface area (Å²) in [6.45, 7) is 5.30. The first-order chi connectivity index (χ1) is 17.0. The van der Waals surface area contributed by atoms with E-state index in [2.05, 4.69) is 20.9 Å². The number of aromatic amines is 1. The molecule has 4 unspecified atom stereocenters. The maximum absolute atomic E-state index is 13.0. The molecule has 0 bridgehead atoms. The summed E-state index contributed by atoms with van der Waals surface area (Å²) in [7, 11) is 0. The molecule has 7 N–H and O–H groups in total. The Balaban J connectivity index is 2.00. The van der Waals surface area contributed by atoms with Crippen molar-refractivity contribution < 1.29 is 24.3 Å². The predicted octanol–water partition coefficient (Wildman–Crippen LogP) is 1.40. The fraction of sp³-hybridized carbons (Fsp3) is 0.520. The quantitative estimate of drug-likeness (QED) is 0.219. The van der Waals surface area contributed by atoms with E-state index in [0.29, 0.717) is 12.2 Å². The van der Waals surface area contributed by atoms with Gasteiger partial charge in [0.15, 0.2) is 0 Å². The van der Waals surface area contributed by atoms with E-state index in [0.717, 1.165) is 16.5 Å². The van der Waals surface area contributed by atoms with Gasteiger partial charge in [0.1, 0.15) is 18.1 Å². The Labute approximate surface area is 215 Å². The predicted molar refractivity (Wildman–Crippen MR) is 142 cm³/mol. The number of nitrogens with one attached hydrogen (secondary N) is 4. The van der Waals surface area contributed by atoms with Gasteiger partial charge >= 0.3 is 5.97 Å². The third kappa shape index (κ3) is 8.56. The van der Waals surface area contributed by atoms with Crippen molar-refractivity contribution in [3.05, 3.63) is 36.0 Å². The number of carbonyl (C=O) groups is 4. The molecule has 10 nitrogen and oxygen atoms in total. The van der Waals surface area contributed by atoms with Gasteiger partial charge < -0.3 is 31.8 Å². The molecular weight excluding hydrogens is 482 g/mol. The van der Waals surface area contributed by atoms with E-state index in [-0.39, 0.29) is 18.8 Å². The van der Waals surface area contributed by atoms with Crippen molar-refractivity contribution in [2.45, 2.75) is 64.2 Å². The van der Waals surface area contributed by atoms with Gasteiger partial charge in [-0.15, -0.1) is 0 Å². The van der Waals surface area contributed by atoms with E-state index in [1.165, 1.54) is 18.7 Å². The third-order valence-corrected chi connectivity index (χ3v) is 6.41. The van der Waals surface area contributed by atoms with Gasteiger partial charge in [0.25, 0.3) is 0 Å². The lowest BCUT2D eigenvalue weighted by Crippen LogP contribution is -2.56. The molecule has 0 aliphatic rings. The molecule has 0 aliphatic carbocycles. The number of carboxylic acid groups (broad SMARTS) is 1. The molecule has 0 saturated heterocycles. The fourth-order valence-corrected chi connectivity index (χ4v) is 4.25. The van der Waals surface area contributed by atoms with Crippen molar-refractivity contribution in [1.82, 2.24) is 20.9 Å². The Bertz CT molecular complexity index is 1060. The molecule has 2 rings (SSSR count). The number of hydrogen-bond acceptors (Lipinski definition) is 6. The normalized spacial score (nSPS) is 14.6. The number of rotatable bonds is 14. The Kier molecular flexibility index (Phi) is 11.3. The zero-order chi connectivity index (χ0) is 26.8. The van der Waals surface area contributed by atoms with E-state index >= 15 is 0 Å². The first kappa shape index (κ1) is 29.2. The van der Waals surface area contributed by atoms with Gasteiger partial charge in [-0.05, 0) is 55.7 Å². The summed E-state index contributed by atoms with van der Waals surface area (Å²) in [4.78, 5) is 52.9. The smallest absolute Gasteiger partial charge is 0.326 e. The maximum Gasteiger partial charge on any atom is 0.326 e. The van der Waals surface area contributed by atoms with Crippen LogP contribution in [0.25, 0.3) is 10.9 Å². The second-order valence-electron chi connectivity index (χ2n) is 9.27. The molecule has 198 valence electrons. The van der Waals surface area contributed by atoms with Gasteiger partial charge in [-0.1, -0.05) is 32.0 Å². The monoisotopic (exact) mass is 519 g/mol. The summed E-state index contributed by atoms with van der Waals surface area (Å²) < 4.78 is 0. The summed E-state index contributed by atoms with van der Waals surface area (Å²) in [6.07, 6.45) is 4.57. The van der Waals surface area contributed by atoms with E-state index in [9.17, 15) is 24.3 Å². The Hall–Kier alpha value is -3.05. The number of hydrogen-bond donors (Lipinski definition) is 6. The second-order valence-corrected chi connectivity index (χ2v) is 10.3. The summed E-state index contributed by atoms with van der Waals surface area (Å²) >= 11 is 1.48. The lowest BCUT2D eigenvalue weighted by atomic mass is 10.0. The zero-order valence-corrected chi connectivity index (χ0v) is 22.0. The van der Waals surface area contributed by atoms with Crippen LogP contribution < -0.4 is 21.7 Å². The van der Waals surface area contributed by atoms with Crippen molar-refractivity contribution in [3.63, 3.8) is 0 Å². The summed E-state index contributed by atoms with van der Waals surface area (Å²) in [6, 6.07) is 3.91. The number of carboxylic acids is 1. The zero-order valence-electron chi connectivity index (χ0n) is 21.2. The molecule has 1 aromatic carbocycles. The number of aromatic nitrogens is 1. The minimum absolute atomic E-state index is 0.0814. The number of nitrogens with two attached hydrogens (primary N) is 1. The Morgan fingerprint density at radius 2 is 1.67 bits per heavy atom. The number of thioether (sulfide) groups is 1. The first-order valence-electron chi connectivity index (χ1n) is 12.0. The SMILES string of the molecule is CSCCC(NC(=O)C(C)NC(=O)C(CC(C)C)NC(=O)C(N)Cc1c[nH]c2ccccc12)C(=O)O. The van der Waals surface area contributed by atoms with Crippen molar-refractivity contribution >= 4 is 46.4 Å². The molecular formula is C25H37N5O5S. The molecule has 36 heavy (non-hydrogen) atoms. The number of aliphatic carboxylic acids is 1. The number of fused-ring (bicyclic) bond motifs is 1. The molecule has 1 aromatic heterocycles. The highest BCUT2D eigenvalue weighted by atomic mass is 32.2. The van der Waals surface area contributed by atoms with E-state index < -0.39 is 47.9 Å². The topological polar surface area (TPSA) is 166 Å². The number of benzene rings is 1. The van der Waals surface area contributed by atoms with Crippen molar-refractivity contribution in [3.8, 4) is 0 Å². The van der Waals surface area contributed by atoms with E-state index in [4.69, 9.17) is 5.73 Å². The fourth-order valence-electron chi connectivity index (χ4n) is 3.78. The van der Waals surface area contributed by atoms with Crippen molar-refractivity contribution in [2.75, 3.05) is 12.0 Å². The van der Waals surface area contributed by atoms with Crippen LogP contribution in [0.4, 0.5) is 0 Å². The minimum Gasteiger partial charge on any atom is -0.480 e. The lowest BCUT2D eigenvalue weighted by Gasteiger charge is -2.24. The van der Waals surface area contributed by atoms with Gasteiger partial charge in [0.2, 0.25) is 17.7 Å². The van der Waals surface area contributed by atoms with E-state index in [1.807, 2.05) is 50.6 Å². The average molecular weight is 520 g/mol. The molecule has 4 atom stereocenters. The number of para-hydroxylation sites is 1. The Morgan fingerprint density at radius 1 is 1.00 bits per heavy atom. The van der Waals surface area contributed by atoms with Crippen LogP contribution in [0.5, 0.6) is 0 Å². The molecule has 11 heteroatoms. The van der Waals surface area contributed by atoms with Crippen LogP contribution in [0.3, 0.4) is 0 Å². The molecule has 1 heterocycles. The highest BCUT2D eigenvalue weighted by Gasteiger charge is 2.29. The first-order valence-corrected chi connectivity index (χ1v) is 13.4. The van der Waals surface area contributed by atoms with Crippen LogP contribution in [-0.4, -0.2) is 70.0 Å². The standard InChI is InChI=1S/C25H37N5O5S/c1-14(2)11-21(24(33)28-15(3)22(31)29-20(25(34)35)9-10-36-4)30-23(32)18(26)12-16-13-27-19-8-6-5-7-17(16)19/h5-8,13-15,18,20-21,27H,9-12,26H2,1-4H3,(H,28,33)(H,29,31)(H,30,32)(H,34,35). The Morgan fingerprint density at radius 3 is 2.31 bits per heavy atom. The minimum atomic E-state index is -1.13. The highest BCUT2D eigenvalue weighted by molar-refractivity contribution is 7.98. The van der Waals surface area contributed by atoms with Crippen LogP contribution in [0.1, 0.15) is 39.2 Å². The molecule has 2 aromatic rings. The largest absolute Gasteiger partial charge is 0.480 e. The molecule has 0 radical (unpaired) electrons. The van der Waals surface area contributed by atoms with Crippen LogP contribution in [0, 0.1) is 5.92 Å². The van der Waals surface area contributed by atoms with Crippen molar-refractivity contribution in [1.29, 1.82) is 0 Å². The molecule has 0 aliphatic heterocycles. The molecule has 0 saturated carbocycles. The van der Waals surface area contributed by atoms with Crippen molar-refractivity contribution in [2.24, 2.45) is 11.7 Å². The van der Waals surface area contributed by atoms with Gasteiger partial charge in [0, 0.05) is 17.1 Å². The van der Waals surface area contributed by atoms with Gasteiger partial charge in [-0.3, -0.25) is 14.4 Å². The lowest BCUT2D eigenvalue weighted by molar-refractivity contribution is -0.142. The summed E-state index contributed by atoms with van der Waals surface area (Å²) in [5, 5.41) is 18.1. The highest BCUT2D eigenvalue weighted by Crippen LogP contribution is 2.19. The molecule has 0 fully saturated rings. The van der Waals surface area contributed by atoms with Crippen LogP contribution in [0.15, 0.2) is 30.5 Å².